The zero-order valence-electron chi connectivity index (χ0n) is 15.4. The molecular formula is C19H21FN4O4. The van der Waals surface area contributed by atoms with E-state index < -0.39 is 0 Å². The first kappa shape index (κ1) is 18.5. The van der Waals surface area contributed by atoms with Gasteiger partial charge in [-0.2, -0.15) is 4.98 Å². The second-order valence-corrected chi connectivity index (χ2v) is 7.12. The summed E-state index contributed by atoms with van der Waals surface area (Å²) < 4.78 is 23.5. The van der Waals surface area contributed by atoms with Gasteiger partial charge >= 0.3 is 6.03 Å². The van der Waals surface area contributed by atoms with E-state index in [0.717, 1.165) is 0 Å². The Balaban J connectivity index is 1.45. The molecule has 1 saturated heterocycles. The molecule has 1 aromatic carbocycles. The summed E-state index contributed by atoms with van der Waals surface area (Å²) in [5.74, 6) is 0.101. The summed E-state index contributed by atoms with van der Waals surface area (Å²) in [5.41, 5.74) is 0.667. The molecule has 0 radical (unpaired) electrons. The quantitative estimate of drug-likeness (QED) is 0.844. The van der Waals surface area contributed by atoms with Crippen molar-refractivity contribution in [3.63, 3.8) is 0 Å². The molecular weight excluding hydrogens is 367 g/mol. The second-order valence-electron chi connectivity index (χ2n) is 7.12. The number of nitrogens with zero attached hydrogens (tertiary/aromatic N) is 3. The van der Waals surface area contributed by atoms with Crippen molar-refractivity contribution in [1.82, 2.24) is 20.4 Å². The molecule has 4 rings (SSSR count). The van der Waals surface area contributed by atoms with Gasteiger partial charge in [-0.15, -0.1) is 0 Å². The lowest BCUT2D eigenvalue weighted by atomic mass is 9.76. The molecule has 8 nitrogen and oxygen atoms in total. The van der Waals surface area contributed by atoms with Crippen LogP contribution in [0, 0.1) is 11.7 Å². The van der Waals surface area contributed by atoms with Gasteiger partial charge in [-0.25, -0.2) is 9.18 Å². The molecule has 0 spiro atoms. The van der Waals surface area contributed by atoms with Gasteiger partial charge in [-0.05, 0) is 43.5 Å². The van der Waals surface area contributed by atoms with Crippen LogP contribution < -0.4 is 5.32 Å². The average Bonchev–Trinajstić information content (AvgIpc) is 3.18. The molecule has 2 aliphatic rings. The molecule has 3 unspecified atom stereocenters. The third-order valence-corrected chi connectivity index (χ3v) is 5.40. The third-order valence-electron chi connectivity index (χ3n) is 5.40. The van der Waals surface area contributed by atoms with Crippen LogP contribution in [0.15, 0.2) is 28.8 Å². The molecule has 3 amide bonds. The van der Waals surface area contributed by atoms with Crippen LogP contribution in [-0.4, -0.2) is 53.3 Å². The number of carbonyl (C=O) groups is 2. The summed E-state index contributed by atoms with van der Waals surface area (Å²) in [6.07, 6.45) is 1.91. The van der Waals surface area contributed by atoms with E-state index in [0.29, 0.717) is 43.1 Å². The van der Waals surface area contributed by atoms with Crippen molar-refractivity contribution >= 4 is 11.9 Å². The molecule has 148 valence electrons. The largest absolute Gasteiger partial charge is 0.383 e. The number of imide groups is 1. The van der Waals surface area contributed by atoms with E-state index in [9.17, 15) is 14.0 Å². The Labute approximate surface area is 161 Å². The number of nitrogens with one attached hydrogen (secondary N) is 1. The molecule has 1 N–H and O–H groups in total. The fourth-order valence-electron chi connectivity index (χ4n) is 3.90. The third kappa shape index (κ3) is 3.49. The number of hydrogen-bond acceptors (Lipinski definition) is 6. The zero-order valence-corrected chi connectivity index (χ0v) is 15.4. The number of hydrogen-bond donors (Lipinski definition) is 1. The van der Waals surface area contributed by atoms with Crippen molar-refractivity contribution in [2.24, 2.45) is 5.92 Å². The molecule has 1 saturated carbocycles. The minimum atomic E-state index is -0.388. The van der Waals surface area contributed by atoms with Gasteiger partial charge in [0, 0.05) is 24.6 Å². The normalized spacial score (nSPS) is 24.8. The zero-order chi connectivity index (χ0) is 19.7. The Bertz CT molecular complexity index is 869. The lowest BCUT2D eigenvalue weighted by Gasteiger charge is -2.41. The number of benzene rings is 1. The maximum Gasteiger partial charge on any atom is 0.324 e. The first-order valence-electron chi connectivity index (χ1n) is 9.27. The molecule has 1 aromatic heterocycles. The summed E-state index contributed by atoms with van der Waals surface area (Å²) in [4.78, 5) is 30.6. The van der Waals surface area contributed by atoms with Crippen LogP contribution in [0.5, 0.6) is 0 Å². The number of urea groups is 1. The van der Waals surface area contributed by atoms with Gasteiger partial charge in [0.1, 0.15) is 5.82 Å². The number of ether oxygens (including phenoxy) is 1. The first-order valence-corrected chi connectivity index (χ1v) is 9.27. The summed E-state index contributed by atoms with van der Waals surface area (Å²) in [5, 5.41) is 6.92. The van der Waals surface area contributed by atoms with Crippen molar-refractivity contribution in [3.8, 4) is 11.4 Å². The second kappa shape index (κ2) is 7.67. The van der Waals surface area contributed by atoms with Gasteiger partial charge in [0.15, 0.2) is 0 Å². The lowest BCUT2D eigenvalue weighted by Crippen LogP contribution is -2.61. The highest BCUT2D eigenvalue weighted by Crippen LogP contribution is 2.38. The molecule has 1 aliphatic heterocycles. The van der Waals surface area contributed by atoms with Crippen molar-refractivity contribution in [2.75, 3.05) is 20.3 Å². The van der Waals surface area contributed by atoms with Gasteiger partial charge in [0.05, 0.1) is 19.1 Å². The number of carbonyl (C=O) groups excluding carboxylic acids is 2. The highest BCUT2D eigenvalue weighted by Gasteiger charge is 2.45. The maximum absolute atomic E-state index is 13.1. The van der Waals surface area contributed by atoms with E-state index in [1.54, 1.807) is 12.1 Å². The highest BCUT2D eigenvalue weighted by molar-refractivity contribution is 5.98. The molecule has 3 atom stereocenters. The Kier molecular flexibility index (Phi) is 5.08. The van der Waals surface area contributed by atoms with Crippen molar-refractivity contribution in [3.05, 3.63) is 36.0 Å². The molecule has 28 heavy (non-hydrogen) atoms. The van der Waals surface area contributed by atoms with Crippen LogP contribution in [0.4, 0.5) is 9.18 Å². The number of fused-ring (bicyclic) bond motifs is 1. The summed E-state index contributed by atoms with van der Waals surface area (Å²) in [6, 6.07) is 5.23. The minimum absolute atomic E-state index is 0.0402. The van der Waals surface area contributed by atoms with Gasteiger partial charge in [0.25, 0.3) is 0 Å². The van der Waals surface area contributed by atoms with Crippen LogP contribution in [0.3, 0.4) is 0 Å². The molecule has 2 aromatic rings. The predicted molar refractivity (Wildman–Crippen MR) is 95.7 cm³/mol. The van der Waals surface area contributed by atoms with Gasteiger partial charge in [-0.1, -0.05) is 5.16 Å². The molecule has 2 heterocycles. The van der Waals surface area contributed by atoms with Crippen LogP contribution in [0.25, 0.3) is 11.4 Å². The van der Waals surface area contributed by atoms with E-state index >= 15 is 0 Å². The average molecular weight is 388 g/mol. The summed E-state index contributed by atoms with van der Waals surface area (Å²) >= 11 is 0. The number of methoxy groups -OCH3 is 1. The predicted octanol–water partition coefficient (Wildman–Crippen LogP) is 2.33. The van der Waals surface area contributed by atoms with E-state index in [-0.39, 0.29) is 42.2 Å². The fraction of sp³-hybridized carbons (Fsp3) is 0.474. The molecule has 2 fully saturated rings. The Morgan fingerprint density at radius 2 is 2.07 bits per heavy atom. The number of aromatic nitrogens is 2. The fourth-order valence-corrected chi connectivity index (χ4v) is 3.90. The van der Waals surface area contributed by atoms with Crippen molar-refractivity contribution in [1.29, 1.82) is 0 Å². The van der Waals surface area contributed by atoms with Crippen molar-refractivity contribution in [2.45, 2.75) is 31.2 Å². The smallest absolute Gasteiger partial charge is 0.324 e. The van der Waals surface area contributed by atoms with Gasteiger partial charge in [-0.3, -0.25) is 9.69 Å². The topological polar surface area (TPSA) is 97.6 Å². The van der Waals surface area contributed by atoms with Gasteiger partial charge in [0.2, 0.25) is 17.6 Å². The van der Waals surface area contributed by atoms with Crippen LogP contribution in [-0.2, 0) is 9.53 Å². The van der Waals surface area contributed by atoms with Crippen LogP contribution in [0.1, 0.15) is 31.1 Å². The highest BCUT2D eigenvalue weighted by atomic mass is 19.1. The van der Waals surface area contributed by atoms with E-state index in [1.807, 2.05) is 0 Å². The Morgan fingerprint density at radius 3 is 2.82 bits per heavy atom. The SMILES string of the molecule is COCCN1C(=O)NC2CC(c3nc(-c4ccc(F)cc4)no3)CCC2C1=O. The summed E-state index contributed by atoms with van der Waals surface area (Å²) in [7, 11) is 1.53. The van der Waals surface area contributed by atoms with Crippen LogP contribution >= 0.6 is 0 Å². The summed E-state index contributed by atoms with van der Waals surface area (Å²) in [6.45, 7) is 0.561. The Morgan fingerprint density at radius 1 is 1.29 bits per heavy atom. The first-order chi connectivity index (χ1) is 13.6. The lowest BCUT2D eigenvalue weighted by molar-refractivity contribution is -0.137. The minimum Gasteiger partial charge on any atom is -0.383 e. The number of halogens is 1. The molecule has 0 bridgehead atoms. The Hall–Kier alpha value is -2.81. The van der Waals surface area contributed by atoms with E-state index in [2.05, 4.69) is 15.5 Å². The monoisotopic (exact) mass is 388 g/mol. The number of rotatable bonds is 5. The van der Waals surface area contributed by atoms with Gasteiger partial charge < -0.3 is 14.6 Å². The van der Waals surface area contributed by atoms with E-state index in [1.165, 1.54) is 24.1 Å². The molecule has 1 aliphatic carbocycles. The van der Waals surface area contributed by atoms with Crippen LogP contribution in [0.2, 0.25) is 0 Å². The standard InChI is InChI=1S/C19H21FN4O4/c1-27-9-8-24-18(25)14-7-4-12(10-15(14)21-19(24)26)17-22-16(23-28-17)11-2-5-13(20)6-3-11/h2-3,5-6,12,14-15H,4,7-10H2,1H3,(H,21,26). The molecule has 9 heteroatoms. The van der Waals surface area contributed by atoms with E-state index in [4.69, 9.17) is 9.26 Å². The number of amides is 3. The maximum atomic E-state index is 13.1. The van der Waals surface area contributed by atoms with Crippen molar-refractivity contribution < 1.29 is 23.2 Å².